The van der Waals surface area contributed by atoms with Crippen molar-refractivity contribution in [2.75, 3.05) is 5.32 Å². The fraction of sp³-hybridized carbons (Fsp3) is 0.231. The van der Waals surface area contributed by atoms with Crippen molar-refractivity contribution in [2.24, 2.45) is 5.41 Å². The maximum Gasteiger partial charge on any atom is 0.433 e. The fourth-order valence-corrected chi connectivity index (χ4v) is 3.74. The fourth-order valence-electron chi connectivity index (χ4n) is 3.54. The molecule has 0 atom stereocenters. The third-order valence-electron chi connectivity index (χ3n) is 5.55. The standard InChI is InChI=1S/C26H23ClF3N5O2/c1-25(2,3)24(37)32-12-15-7-9-19(27)17(11-15)23(36)34-20-5-4-6-21-18(20)14-33-35(21)16-8-10-22(31-13-16)26(28,29)30/h4-11,13-14H,12H2,1-3H3,(H,32,37)(H,34,36). The molecule has 2 heterocycles. The normalized spacial score (nSPS) is 12.0. The van der Waals surface area contributed by atoms with Crippen molar-refractivity contribution < 1.29 is 22.8 Å². The molecule has 0 unspecified atom stereocenters. The molecular weight excluding hydrogens is 507 g/mol. The van der Waals surface area contributed by atoms with Crippen molar-refractivity contribution in [1.29, 1.82) is 0 Å². The smallest absolute Gasteiger partial charge is 0.352 e. The molecule has 4 rings (SSSR count). The Morgan fingerprint density at radius 1 is 1.03 bits per heavy atom. The Kier molecular flexibility index (Phi) is 6.96. The van der Waals surface area contributed by atoms with Crippen LogP contribution in [-0.4, -0.2) is 26.6 Å². The van der Waals surface area contributed by atoms with Crippen LogP contribution in [0.1, 0.15) is 42.4 Å². The highest BCUT2D eigenvalue weighted by Gasteiger charge is 2.32. The Morgan fingerprint density at radius 2 is 1.78 bits per heavy atom. The number of rotatable bonds is 5. The van der Waals surface area contributed by atoms with E-state index in [1.54, 1.807) is 57.2 Å². The monoisotopic (exact) mass is 529 g/mol. The zero-order valence-electron chi connectivity index (χ0n) is 20.2. The number of carbonyl (C=O) groups excluding carboxylic acids is 2. The van der Waals surface area contributed by atoms with E-state index in [4.69, 9.17) is 11.6 Å². The van der Waals surface area contributed by atoms with Crippen molar-refractivity contribution in [3.05, 3.63) is 82.8 Å². The second-order valence-electron chi connectivity index (χ2n) is 9.40. The van der Waals surface area contributed by atoms with Gasteiger partial charge in [0.2, 0.25) is 5.91 Å². The van der Waals surface area contributed by atoms with Crippen LogP contribution in [0.2, 0.25) is 5.02 Å². The van der Waals surface area contributed by atoms with Crippen LogP contribution in [0.5, 0.6) is 0 Å². The molecule has 0 aliphatic carbocycles. The molecule has 0 spiro atoms. The van der Waals surface area contributed by atoms with Crippen LogP contribution >= 0.6 is 11.6 Å². The van der Waals surface area contributed by atoms with Gasteiger partial charge in [-0.25, -0.2) is 9.67 Å². The number of nitrogens with one attached hydrogen (secondary N) is 2. The van der Waals surface area contributed by atoms with Crippen molar-refractivity contribution in [3.63, 3.8) is 0 Å². The van der Waals surface area contributed by atoms with Crippen LogP contribution in [0.3, 0.4) is 0 Å². The number of alkyl halides is 3. The Labute approximate surface area is 215 Å². The van der Waals surface area contributed by atoms with E-state index in [-0.39, 0.29) is 23.0 Å². The van der Waals surface area contributed by atoms with Gasteiger partial charge in [-0.2, -0.15) is 18.3 Å². The molecule has 11 heteroatoms. The van der Waals surface area contributed by atoms with Crippen molar-refractivity contribution in [1.82, 2.24) is 20.1 Å². The molecule has 2 amide bonds. The average molecular weight is 530 g/mol. The molecule has 0 saturated heterocycles. The van der Waals surface area contributed by atoms with Gasteiger partial charge in [0.05, 0.1) is 39.9 Å². The number of hydrogen-bond acceptors (Lipinski definition) is 4. The number of nitrogens with zero attached hydrogens (tertiary/aromatic N) is 3. The summed E-state index contributed by atoms with van der Waals surface area (Å²) in [7, 11) is 0. The van der Waals surface area contributed by atoms with Gasteiger partial charge < -0.3 is 10.6 Å². The molecule has 0 aliphatic rings. The lowest BCUT2D eigenvalue weighted by Crippen LogP contribution is -2.34. The zero-order valence-corrected chi connectivity index (χ0v) is 20.9. The summed E-state index contributed by atoms with van der Waals surface area (Å²) < 4.78 is 40.0. The van der Waals surface area contributed by atoms with Crippen molar-refractivity contribution >= 4 is 40.0 Å². The highest BCUT2D eigenvalue weighted by atomic mass is 35.5. The second-order valence-corrected chi connectivity index (χ2v) is 9.80. The number of pyridine rings is 1. The van der Waals surface area contributed by atoms with Gasteiger partial charge in [-0.05, 0) is 42.0 Å². The summed E-state index contributed by atoms with van der Waals surface area (Å²) in [5.41, 5.74) is 0.706. The summed E-state index contributed by atoms with van der Waals surface area (Å²) >= 11 is 6.29. The topological polar surface area (TPSA) is 88.9 Å². The van der Waals surface area contributed by atoms with Gasteiger partial charge in [-0.3, -0.25) is 9.59 Å². The van der Waals surface area contributed by atoms with Crippen molar-refractivity contribution in [2.45, 2.75) is 33.5 Å². The van der Waals surface area contributed by atoms with E-state index in [0.29, 0.717) is 27.8 Å². The van der Waals surface area contributed by atoms with E-state index in [1.165, 1.54) is 16.9 Å². The molecule has 2 aromatic carbocycles. The summed E-state index contributed by atoms with van der Waals surface area (Å²) in [5, 5.41) is 10.7. The predicted molar refractivity (Wildman–Crippen MR) is 135 cm³/mol. The Balaban J connectivity index is 1.57. The molecule has 2 aromatic heterocycles. The second kappa shape index (κ2) is 9.85. The molecular formula is C26H23ClF3N5O2. The van der Waals surface area contributed by atoms with Crippen molar-refractivity contribution in [3.8, 4) is 5.69 Å². The summed E-state index contributed by atoms with van der Waals surface area (Å²) in [6, 6.07) is 12.2. The lowest BCUT2D eigenvalue weighted by molar-refractivity contribution is -0.141. The Bertz CT molecular complexity index is 1470. The zero-order chi connectivity index (χ0) is 27.0. The minimum Gasteiger partial charge on any atom is -0.352 e. The predicted octanol–water partition coefficient (Wildman–Crippen LogP) is 6.01. The van der Waals surface area contributed by atoms with Gasteiger partial charge in [0, 0.05) is 17.3 Å². The lowest BCUT2D eigenvalue weighted by Gasteiger charge is -2.18. The van der Waals surface area contributed by atoms with Gasteiger partial charge in [-0.1, -0.05) is 44.5 Å². The van der Waals surface area contributed by atoms with Crippen LogP contribution < -0.4 is 10.6 Å². The van der Waals surface area contributed by atoms with Gasteiger partial charge in [0.25, 0.3) is 5.91 Å². The number of amides is 2. The van der Waals surface area contributed by atoms with E-state index < -0.39 is 23.2 Å². The van der Waals surface area contributed by atoms with Crippen LogP contribution in [0.15, 0.2) is 60.9 Å². The first-order chi connectivity index (χ1) is 17.3. The molecule has 0 fully saturated rings. The third-order valence-corrected chi connectivity index (χ3v) is 5.88. The number of anilines is 1. The van der Waals surface area contributed by atoms with E-state index >= 15 is 0 Å². The SMILES string of the molecule is CC(C)(C)C(=O)NCc1ccc(Cl)c(C(=O)Nc2cccc3c2cnn3-c2ccc(C(F)(F)F)nc2)c1. The number of hydrogen-bond donors (Lipinski definition) is 2. The highest BCUT2D eigenvalue weighted by Crippen LogP contribution is 2.30. The third kappa shape index (κ3) is 5.75. The van der Waals surface area contributed by atoms with E-state index in [9.17, 15) is 22.8 Å². The Hall–Kier alpha value is -3.92. The summed E-state index contributed by atoms with van der Waals surface area (Å²) in [4.78, 5) is 28.8. The molecule has 192 valence electrons. The largest absolute Gasteiger partial charge is 0.433 e. The molecule has 37 heavy (non-hydrogen) atoms. The van der Waals surface area contributed by atoms with Crippen LogP contribution in [0.25, 0.3) is 16.6 Å². The summed E-state index contributed by atoms with van der Waals surface area (Å²) in [5.74, 6) is -0.592. The number of halogens is 4. The maximum atomic E-state index is 13.1. The van der Waals surface area contributed by atoms with Crippen LogP contribution in [-0.2, 0) is 17.5 Å². The van der Waals surface area contributed by atoms with E-state index in [2.05, 4.69) is 20.7 Å². The summed E-state index contributed by atoms with van der Waals surface area (Å²) in [6.07, 6.45) is -1.95. The molecule has 4 aromatic rings. The van der Waals surface area contributed by atoms with Gasteiger partial charge in [0.15, 0.2) is 0 Å². The Morgan fingerprint density at radius 3 is 2.43 bits per heavy atom. The van der Waals surface area contributed by atoms with E-state index in [1.807, 2.05) is 0 Å². The van der Waals surface area contributed by atoms with Gasteiger partial charge >= 0.3 is 6.18 Å². The van der Waals surface area contributed by atoms with Crippen LogP contribution in [0, 0.1) is 5.41 Å². The highest BCUT2D eigenvalue weighted by molar-refractivity contribution is 6.34. The van der Waals surface area contributed by atoms with Gasteiger partial charge in [-0.15, -0.1) is 0 Å². The van der Waals surface area contributed by atoms with Gasteiger partial charge in [0.1, 0.15) is 5.69 Å². The maximum absolute atomic E-state index is 13.1. The number of carbonyl (C=O) groups is 2. The van der Waals surface area contributed by atoms with Crippen LogP contribution in [0.4, 0.5) is 18.9 Å². The number of aromatic nitrogens is 3. The number of benzene rings is 2. The van der Waals surface area contributed by atoms with E-state index in [0.717, 1.165) is 12.3 Å². The molecule has 0 radical (unpaired) electrons. The molecule has 7 nitrogen and oxygen atoms in total. The molecule has 0 saturated carbocycles. The minimum absolute atomic E-state index is 0.125. The first-order valence-corrected chi connectivity index (χ1v) is 11.6. The first-order valence-electron chi connectivity index (χ1n) is 11.2. The molecule has 0 bridgehead atoms. The summed E-state index contributed by atoms with van der Waals surface area (Å²) in [6.45, 7) is 5.65. The lowest BCUT2D eigenvalue weighted by atomic mass is 9.95. The quantitative estimate of drug-likeness (QED) is 0.331. The number of fused-ring (bicyclic) bond motifs is 1. The molecule has 0 aliphatic heterocycles. The molecule has 2 N–H and O–H groups in total. The average Bonchev–Trinajstić information content (AvgIpc) is 3.27. The first kappa shape index (κ1) is 26.2. The minimum atomic E-state index is -4.54.